The summed E-state index contributed by atoms with van der Waals surface area (Å²) >= 11 is 0. The van der Waals surface area contributed by atoms with Gasteiger partial charge in [0.15, 0.2) is 0 Å². The first-order valence-corrected chi connectivity index (χ1v) is 5.96. The maximum Gasteiger partial charge on any atom is 0.00928 e. The zero-order valence-corrected chi connectivity index (χ0v) is 9.13. The molecule has 2 fully saturated rings. The van der Waals surface area contributed by atoms with Crippen molar-refractivity contribution in [2.24, 2.45) is 17.8 Å². The Morgan fingerprint density at radius 2 is 2.07 bits per heavy atom. The summed E-state index contributed by atoms with van der Waals surface area (Å²) in [5.41, 5.74) is 0. The van der Waals surface area contributed by atoms with Crippen LogP contribution in [0.4, 0.5) is 0 Å². The second-order valence-corrected chi connectivity index (χ2v) is 4.98. The molecule has 14 heavy (non-hydrogen) atoms. The standard InChI is InChI=1S/C13H21N/c1-3-4-5-6-13(14-2)12-8-10-7-11(10)9-12/h1,10-14H,4-9H2,2H3. The molecule has 0 spiro atoms. The van der Waals surface area contributed by atoms with E-state index in [0.29, 0.717) is 0 Å². The molecule has 0 radical (unpaired) electrons. The number of hydrogen-bond acceptors (Lipinski definition) is 1. The fourth-order valence-corrected chi connectivity index (χ4v) is 3.13. The van der Waals surface area contributed by atoms with Gasteiger partial charge in [0.25, 0.3) is 0 Å². The number of unbranched alkanes of at least 4 members (excludes halogenated alkanes) is 1. The number of hydrogen-bond donors (Lipinski definition) is 1. The Balaban J connectivity index is 1.72. The van der Waals surface area contributed by atoms with Crippen molar-refractivity contribution in [3.63, 3.8) is 0 Å². The monoisotopic (exact) mass is 191 g/mol. The lowest BCUT2D eigenvalue weighted by Crippen LogP contribution is -2.32. The van der Waals surface area contributed by atoms with Crippen LogP contribution in [0.1, 0.15) is 38.5 Å². The number of nitrogens with one attached hydrogen (secondary N) is 1. The number of fused-ring (bicyclic) bond motifs is 1. The van der Waals surface area contributed by atoms with Gasteiger partial charge in [-0.15, -0.1) is 12.3 Å². The summed E-state index contributed by atoms with van der Waals surface area (Å²) in [5, 5.41) is 3.48. The largest absolute Gasteiger partial charge is 0.317 e. The van der Waals surface area contributed by atoms with E-state index in [0.717, 1.165) is 30.2 Å². The molecule has 1 N–H and O–H groups in total. The Bertz CT molecular complexity index is 218. The highest BCUT2D eigenvalue weighted by molar-refractivity contribution is 4.99. The average Bonchev–Trinajstić information content (AvgIpc) is 2.81. The Hall–Kier alpha value is -0.480. The summed E-state index contributed by atoms with van der Waals surface area (Å²) < 4.78 is 0. The summed E-state index contributed by atoms with van der Waals surface area (Å²) in [6.45, 7) is 0. The van der Waals surface area contributed by atoms with Crippen LogP contribution in [-0.2, 0) is 0 Å². The van der Waals surface area contributed by atoms with Crippen LogP contribution in [0.25, 0.3) is 0 Å². The van der Waals surface area contributed by atoms with Crippen molar-refractivity contribution < 1.29 is 0 Å². The number of rotatable bonds is 5. The van der Waals surface area contributed by atoms with E-state index in [1.807, 2.05) is 0 Å². The molecular weight excluding hydrogens is 170 g/mol. The molecule has 2 aliphatic carbocycles. The van der Waals surface area contributed by atoms with Gasteiger partial charge in [-0.2, -0.15) is 0 Å². The predicted molar refractivity (Wildman–Crippen MR) is 59.9 cm³/mol. The lowest BCUT2D eigenvalue weighted by Gasteiger charge is -2.24. The predicted octanol–water partition coefficient (Wildman–Crippen LogP) is 2.42. The summed E-state index contributed by atoms with van der Waals surface area (Å²) in [7, 11) is 2.10. The first-order valence-electron chi connectivity index (χ1n) is 5.96. The highest BCUT2D eigenvalue weighted by Crippen LogP contribution is 2.55. The van der Waals surface area contributed by atoms with Crippen LogP contribution in [0.5, 0.6) is 0 Å². The summed E-state index contributed by atoms with van der Waals surface area (Å²) in [5.74, 6) is 5.87. The van der Waals surface area contributed by atoms with Gasteiger partial charge in [0.05, 0.1) is 0 Å². The summed E-state index contributed by atoms with van der Waals surface area (Å²) in [6, 6.07) is 0.733. The maximum absolute atomic E-state index is 5.27. The maximum atomic E-state index is 5.27. The Kier molecular flexibility index (Phi) is 3.13. The molecule has 0 aromatic carbocycles. The fraction of sp³-hybridized carbons (Fsp3) is 0.846. The van der Waals surface area contributed by atoms with Gasteiger partial charge in [-0.25, -0.2) is 0 Å². The minimum Gasteiger partial charge on any atom is -0.317 e. The van der Waals surface area contributed by atoms with Crippen molar-refractivity contribution in [1.82, 2.24) is 5.32 Å². The SMILES string of the molecule is C#CCCCC(NC)C1CC2CC2C1. The van der Waals surface area contributed by atoms with E-state index in [4.69, 9.17) is 6.42 Å². The van der Waals surface area contributed by atoms with Gasteiger partial charge in [-0.1, -0.05) is 0 Å². The molecule has 0 aliphatic heterocycles. The van der Waals surface area contributed by atoms with Gasteiger partial charge in [0.2, 0.25) is 0 Å². The lowest BCUT2D eigenvalue weighted by molar-refractivity contribution is 0.330. The minimum absolute atomic E-state index is 0.733. The van der Waals surface area contributed by atoms with Crippen molar-refractivity contribution >= 4 is 0 Å². The molecule has 0 saturated heterocycles. The van der Waals surface area contributed by atoms with Crippen molar-refractivity contribution in [3.05, 3.63) is 0 Å². The fourth-order valence-electron chi connectivity index (χ4n) is 3.13. The van der Waals surface area contributed by atoms with Gasteiger partial charge in [0, 0.05) is 12.5 Å². The van der Waals surface area contributed by atoms with Crippen LogP contribution in [0.2, 0.25) is 0 Å². The van der Waals surface area contributed by atoms with E-state index >= 15 is 0 Å². The van der Waals surface area contributed by atoms with Crippen molar-refractivity contribution in [1.29, 1.82) is 0 Å². The Labute approximate surface area is 87.7 Å². The van der Waals surface area contributed by atoms with Crippen LogP contribution >= 0.6 is 0 Å². The average molecular weight is 191 g/mol. The van der Waals surface area contributed by atoms with Crippen molar-refractivity contribution in [2.75, 3.05) is 7.05 Å². The van der Waals surface area contributed by atoms with Crippen LogP contribution in [-0.4, -0.2) is 13.1 Å². The molecule has 3 unspecified atom stereocenters. The van der Waals surface area contributed by atoms with Gasteiger partial charge in [0.1, 0.15) is 0 Å². The van der Waals surface area contributed by atoms with Gasteiger partial charge in [-0.05, 0) is 56.9 Å². The molecule has 0 amide bonds. The second-order valence-electron chi connectivity index (χ2n) is 4.98. The molecule has 1 heteroatoms. The molecule has 78 valence electrons. The first kappa shape index (κ1) is 10.1. The van der Waals surface area contributed by atoms with Crippen LogP contribution < -0.4 is 5.32 Å². The third-order valence-electron chi connectivity index (χ3n) is 4.06. The van der Waals surface area contributed by atoms with Crippen LogP contribution in [0.3, 0.4) is 0 Å². The van der Waals surface area contributed by atoms with Crippen LogP contribution in [0.15, 0.2) is 0 Å². The van der Waals surface area contributed by atoms with E-state index in [1.165, 1.54) is 32.1 Å². The van der Waals surface area contributed by atoms with E-state index < -0.39 is 0 Å². The Morgan fingerprint density at radius 1 is 1.36 bits per heavy atom. The molecule has 0 aromatic rings. The second kappa shape index (κ2) is 4.36. The highest BCUT2D eigenvalue weighted by atomic mass is 14.9. The normalized spacial score (nSPS) is 36.1. The molecule has 2 aliphatic rings. The zero-order chi connectivity index (χ0) is 9.97. The molecular formula is C13H21N. The molecule has 1 nitrogen and oxygen atoms in total. The van der Waals surface area contributed by atoms with E-state index in [1.54, 1.807) is 0 Å². The molecule has 2 rings (SSSR count). The van der Waals surface area contributed by atoms with Crippen molar-refractivity contribution in [3.8, 4) is 12.3 Å². The molecule has 0 aromatic heterocycles. The molecule has 3 atom stereocenters. The third kappa shape index (κ3) is 2.12. The molecule has 0 heterocycles. The highest BCUT2D eigenvalue weighted by Gasteiger charge is 2.47. The molecule has 0 bridgehead atoms. The minimum atomic E-state index is 0.733. The molecule has 2 saturated carbocycles. The topological polar surface area (TPSA) is 12.0 Å². The lowest BCUT2D eigenvalue weighted by atomic mass is 9.91. The smallest absolute Gasteiger partial charge is 0.00928 e. The number of terminal acetylenes is 1. The van der Waals surface area contributed by atoms with E-state index in [-0.39, 0.29) is 0 Å². The quantitative estimate of drug-likeness (QED) is 0.520. The van der Waals surface area contributed by atoms with E-state index in [2.05, 4.69) is 18.3 Å². The van der Waals surface area contributed by atoms with Crippen molar-refractivity contribution in [2.45, 2.75) is 44.6 Å². The van der Waals surface area contributed by atoms with Crippen LogP contribution in [0, 0.1) is 30.1 Å². The summed E-state index contributed by atoms with van der Waals surface area (Å²) in [6.07, 6.45) is 13.1. The van der Waals surface area contributed by atoms with Gasteiger partial charge < -0.3 is 5.32 Å². The zero-order valence-electron chi connectivity index (χ0n) is 9.13. The summed E-state index contributed by atoms with van der Waals surface area (Å²) in [4.78, 5) is 0. The first-order chi connectivity index (χ1) is 6.85. The third-order valence-corrected chi connectivity index (χ3v) is 4.06. The van der Waals surface area contributed by atoms with Gasteiger partial charge in [-0.3, -0.25) is 0 Å². The van der Waals surface area contributed by atoms with E-state index in [9.17, 15) is 0 Å². The Morgan fingerprint density at radius 3 is 2.64 bits per heavy atom. The van der Waals surface area contributed by atoms with Gasteiger partial charge >= 0.3 is 0 Å².